The fraction of sp³-hybridized carbons (Fsp3) is 0.647. The molecule has 0 bridgehead atoms. The second-order valence-corrected chi connectivity index (χ2v) is 6.07. The fourth-order valence-electron chi connectivity index (χ4n) is 2.79. The maximum absolute atomic E-state index is 9.21. The van der Waals surface area contributed by atoms with Gasteiger partial charge in [-0.2, -0.15) is 0 Å². The number of ether oxygens (including phenoxy) is 1. The van der Waals surface area contributed by atoms with Gasteiger partial charge in [0.1, 0.15) is 5.75 Å². The van der Waals surface area contributed by atoms with E-state index in [-0.39, 0.29) is 6.61 Å². The summed E-state index contributed by atoms with van der Waals surface area (Å²) in [7, 11) is 1.70. The number of nitrogens with one attached hydrogen (secondary N) is 1. The first-order chi connectivity index (χ1) is 10.1. The van der Waals surface area contributed by atoms with E-state index in [2.05, 4.69) is 36.2 Å². The summed E-state index contributed by atoms with van der Waals surface area (Å²) in [4.78, 5) is 2.43. The van der Waals surface area contributed by atoms with Crippen molar-refractivity contribution in [1.82, 2.24) is 5.32 Å². The molecule has 4 heteroatoms. The number of anilines is 1. The fourth-order valence-corrected chi connectivity index (χ4v) is 2.79. The Morgan fingerprint density at radius 3 is 2.38 bits per heavy atom. The van der Waals surface area contributed by atoms with Crippen LogP contribution in [-0.2, 0) is 0 Å². The quantitative estimate of drug-likeness (QED) is 0.844. The van der Waals surface area contributed by atoms with E-state index in [1.54, 1.807) is 7.11 Å². The molecular weight excluding hydrogens is 264 g/mol. The zero-order chi connectivity index (χ0) is 15.2. The second-order valence-electron chi connectivity index (χ2n) is 6.07. The summed E-state index contributed by atoms with van der Waals surface area (Å²) in [5, 5.41) is 12.9. The van der Waals surface area contributed by atoms with Crippen LogP contribution in [0.4, 0.5) is 5.69 Å². The Bertz CT molecular complexity index is 413. The van der Waals surface area contributed by atoms with Crippen LogP contribution in [-0.4, -0.2) is 44.0 Å². The van der Waals surface area contributed by atoms with E-state index in [4.69, 9.17) is 4.74 Å². The minimum atomic E-state index is 0.249. The summed E-state index contributed by atoms with van der Waals surface area (Å²) < 4.78 is 5.20. The Hall–Kier alpha value is -1.26. The molecule has 1 aromatic rings. The molecule has 0 aliphatic carbocycles. The normalized spacial score (nSPS) is 19.3. The summed E-state index contributed by atoms with van der Waals surface area (Å²) in [6, 6.07) is 9.22. The van der Waals surface area contributed by atoms with E-state index < -0.39 is 0 Å². The van der Waals surface area contributed by atoms with Crippen molar-refractivity contribution in [2.45, 2.75) is 38.8 Å². The van der Waals surface area contributed by atoms with Gasteiger partial charge in [-0.3, -0.25) is 0 Å². The highest BCUT2D eigenvalue weighted by atomic mass is 16.5. The summed E-state index contributed by atoms with van der Waals surface area (Å²) >= 11 is 0. The third kappa shape index (κ3) is 4.35. The lowest BCUT2D eigenvalue weighted by Gasteiger charge is -2.36. The second kappa shape index (κ2) is 7.66. The molecule has 0 amide bonds. The van der Waals surface area contributed by atoms with E-state index >= 15 is 0 Å². The highest BCUT2D eigenvalue weighted by molar-refractivity contribution is 5.49. The molecule has 1 aromatic carbocycles. The van der Waals surface area contributed by atoms with Crippen LogP contribution in [0, 0.1) is 5.92 Å². The molecule has 1 fully saturated rings. The molecular formula is C17H28N2O2. The number of benzene rings is 1. The average molecular weight is 292 g/mol. The first-order valence-electron chi connectivity index (χ1n) is 7.90. The number of hydrogen-bond acceptors (Lipinski definition) is 4. The van der Waals surface area contributed by atoms with E-state index in [9.17, 15) is 5.11 Å². The van der Waals surface area contributed by atoms with E-state index in [1.807, 2.05) is 12.1 Å². The highest BCUT2D eigenvalue weighted by Gasteiger charge is 2.22. The number of hydrogen-bond donors (Lipinski definition) is 2. The molecule has 1 aliphatic rings. The van der Waals surface area contributed by atoms with Gasteiger partial charge in [-0.15, -0.1) is 0 Å². The Morgan fingerprint density at radius 1 is 1.24 bits per heavy atom. The van der Waals surface area contributed by atoms with E-state index in [0.717, 1.165) is 31.7 Å². The molecule has 2 N–H and O–H groups in total. The van der Waals surface area contributed by atoms with E-state index in [0.29, 0.717) is 18.0 Å². The van der Waals surface area contributed by atoms with Gasteiger partial charge in [0.15, 0.2) is 0 Å². The van der Waals surface area contributed by atoms with Gasteiger partial charge in [0.25, 0.3) is 0 Å². The standard InChI is InChI=1S/C17H28N2O2/c1-13(12-20)14(2)18-15-8-10-19(11-9-15)16-4-6-17(21-3)7-5-16/h4-7,13-15,18,20H,8-12H2,1-3H3. The zero-order valence-electron chi connectivity index (χ0n) is 13.4. The highest BCUT2D eigenvalue weighted by Crippen LogP contribution is 2.23. The predicted molar refractivity (Wildman–Crippen MR) is 87.1 cm³/mol. The maximum atomic E-state index is 9.21. The minimum Gasteiger partial charge on any atom is -0.497 e. The minimum absolute atomic E-state index is 0.249. The van der Waals surface area contributed by atoms with Gasteiger partial charge >= 0.3 is 0 Å². The average Bonchev–Trinajstić information content (AvgIpc) is 2.55. The van der Waals surface area contributed by atoms with Gasteiger partial charge in [0.05, 0.1) is 7.11 Å². The van der Waals surface area contributed by atoms with Crippen molar-refractivity contribution in [3.05, 3.63) is 24.3 Å². The maximum Gasteiger partial charge on any atom is 0.119 e. The lowest BCUT2D eigenvalue weighted by molar-refractivity contribution is 0.196. The van der Waals surface area contributed by atoms with Gasteiger partial charge < -0.3 is 20.1 Å². The molecule has 0 saturated carbocycles. The molecule has 1 saturated heterocycles. The number of aliphatic hydroxyl groups is 1. The molecule has 2 rings (SSSR count). The molecule has 0 spiro atoms. The number of methoxy groups -OCH3 is 1. The van der Waals surface area contributed by atoms with Crippen LogP contribution >= 0.6 is 0 Å². The van der Waals surface area contributed by atoms with Crippen LogP contribution in [0.25, 0.3) is 0 Å². The topological polar surface area (TPSA) is 44.7 Å². The molecule has 0 aromatic heterocycles. The van der Waals surface area contributed by atoms with Crippen molar-refractivity contribution >= 4 is 5.69 Å². The van der Waals surface area contributed by atoms with Crippen molar-refractivity contribution in [3.8, 4) is 5.75 Å². The summed E-state index contributed by atoms with van der Waals surface area (Å²) in [6.07, 6.45) is 2.29. The lowest BCUT2D eigenvalue weighted by Crippen LogP contribution is -2.47. The largest absolute Gasteiger partial charge is 0.497 e. The molecule has 21 heavy (non-hydrogen) atoms. The monoisotopic (exact) mass is 292 g/mol. The van der Waals surface area contributed by atoms with Crippen molar-refractivity contribution < 1.29 is 9.84 Å². The zero-order valence-corrected chi connectivity index (χ0v) is 13.4. The van der Waals surface area contributed by atoms with Crippen molar-refractivity contribution in [3.63, 3.8) is 0 Å². The van der Waals surface area contributed by atoms with Crippen molar-refractivity contribution in [1.29, 1.82) is 0 Å². The third-order valence-corrected chi connectivity index (χ3v) is 4.57. The van der Waals surface area contributed by atoms with Crippen LogP contribution in [0.1, 0.15) is 26.7 Å². The Morgan fingerprint density at radius 2 is 1.86 bits per heavy atom. The SMILES string of the molecule is COc1ccc(N2CCC(NC(C)C(C)CO)CC2)cc1. The van der Waals surface area contributed by atoms with Crippen LogP contribution in [0.2, 0.25) is 0 Å². The molecule has 2 unspecified atom stereocenters. The smallest absolute Gasteiger partial charge is 0.119 e. The van der Waals surface area contributed by atoms with Gasteiger partial charge in [-0.25, -0.2) is 0 Å². The molecule has 118 valence electrons. The molecule has 1 heterocycles. The first kappa shape index (κ1) is 16.1. The van der Waals surface area contributed by atoms with Gasteiger partial charge in [-0.1, -0.05) is 6.92 Å². The van der Waals surface area contributed by atoms with Crippen molar-refractivity contribution in [2.24, 2.45) is 5.92 Å². The molecule has 2 atom stereocenters. The van der Waals surface area contributed by atoms with Crippen LogP contribution < -0.4 is 15.0 Å². The molecule has 1 aliphatic heterocycles. The summed E-state index contributed by atoms with van der Waals surface area (Å²) in [5.74, 6) is 1.21. The van der Waals surface area contributed by atoms with Gasteiger partial charge in [-0.05, 0) is 49.9 Å². The summed E-state index contributed by atoms with van der Waals surface area (Å²) in [5.41, 5.74) is 1.27. The first-order valence-corrected chi connectivity index (χ1v) is 7.90. The Kier molecular flexibility index (Phi) is 5.88. The van der Waals surface area contributed by atoms with Gasteiger partial charge in [0.2, 0.25) is 0 Å². The number of piperidine rings is 1. The third-order valence-electron chi connectivity index (χ3n) is 4.57. The Labute approximate surface area is 128 Å². The van der Waals surface area contributed by atoms with Crippen LogP contribution in [0.15, 0.2) is 24.3 Å². The Balaban J connectivity index is 1.82. The van der Waals surface area contributed by atoms with Crippen molar-refractivity contribution in [2.75, 3.05) is 31.7 Å². The number of aliphatic hydroxyl groups excluding tert-OH is 1. The molecule has 0 radical (unpaired) electrons. The van der Waals surface area contributed by atoms with Crippen LogP contribution in [0.3, 0.4) is 0 Å². The van der Waals surface area contributed by atoms with Crippen LogP contribution in [0.5, 0.6) is 5.75 Å². The predicted octanol–water partition coefficient (Wildman–Crippen LogP) is 2.27. The summed E-state index contributed by atoms with van der Waals surface area (Å²) in [6.45, 7) is 6.65. The number of nitrogens with zero attached hydrogens (tertiary/aromatic N) is 1. The lowest BCUT2D eigenvalue weighted by atomic mass is 9.99. The van der Waals surface area contributed by atoms with Gasteiger partial charge in [0, 0.05) is 37.5 Å². The van der Waals surface area contributed by atoms with E-state index in [1.165, 1.54) is 5.69 Å². The molecule has 4 nitrogen and oxygen atoms in total. The number of rotatable bonds is 6.